The number of benzene rings is 2. The summed E-state index contributed by atoms with van der Waals surface area (Å²) in [6, 6.07) is 14.3. The van der Waals surface area contributed by atoms with Crippen LogP contribution in [-0.4, -0.2) is 24.8 Å². The molecule has 0 saturated heterocycles. The minimum Gasteiger partial charge on any atom is -0.352 e. The Morgan fingerprint density at radius 3 is 2.26 bits per heavy atom. The fraction of sp³-hybridized carbons (Fsp3) is 0.263. The molecule has 0 spiro atoms. The van der Waals surface area contributed by atoms with Crippen LogP contribution in [0.3, 0.4) is 0 Å². The standard InChI is InChI=1S/C19H22N2O2/c1-14-8-10-15(11-9-14)18(22)16-6-2-3-7-17(16)19(23)21-13-5-4-12-20/h2-3,6-11H,4-5,12-13,20H2,1H3,(H,21,23). The lowest BCUT2D eigenvalue weighted by molar-refractivity contribution is 0.0941. The molecular formula is C19H22N2O2. The molecule has 2 aromatic carbocycles. The van der Waals surface area contributed by atoms with Gasteiger partial charge in [-0.2, -0.15) is 0 Å². The number of amides is 1. The molecule has 0 radical (unpaired) electrons. The van der Waals surface area contributed by atoms with E-state index in [0.29, 0.717) is 29.8 Å². The lowest BCUT2D eigenvalue weighted by atomic mass is 9.97. The van der Waals surface area contributed by atoms with Crippen LogP contribution in [-0.2, 0) is 0 Å². The molecule has 0 aliphatic carbocycles. The van der Waals surface area contributed by atoms with Crippen molar-refractivity contribution in [2.75, 3.05) is 13.1 Å². The monoisotopic (exact) mass is 310 g/mol. The maximum atomic E-state index is 12.7. The Hall–Kier alpha value is -2.46. The molecular weight excluding hydrogens is 288 g/mol. The molecule has 0 saturated carbocycles. The lowest BCUT2D eigenvalue weighted by Gasteiger charge is -2.10. The number of nitrogens with two attached hydrogens (primary N) is 1. The third-order valence-electron chi connectivity index (χ3n) is 3.65. The molecule has 4 nitrogen and oxygen atoms in total. The maximum Gasteiger partial charge on any atom is 0.252 e. The van der Waals surface area contributed by atoms with E-state index in [1.807, 2.05) is 19.1 Å². The van der Waals surface area contributed by atoms with Crippen LogP contribution in [0.4, 0.5) is 0 Å². The largest absolute Gasteiger partial charge is 0.352 e. The quantitative estimate of drug-likeness (QED) is 0.610. The van der Waals surface area contributed by atoms with Gasteiger partial charge in [0, 0.05) is 17.7 Å². The van der Waals surface area contributed by atoms with E-state index in [9.17, 15) is 9.59 Å². The van der Waals surface area contributed by atoms with E-state index in [-0.39, 0.29) is 11.7 Å². The van der Waals surface area contributed by atoms with E-state index in [1.54, 1.807) is 36.4 Å². The molecule has 0 atom stereocenters. The predicted molar refractivity (Wildman–Crippen MR) is 91.7 cm³/mol. The predicted octanol–water partition coefficient (Wildman–Crippen LogP) is 2.69. The van der Waals surface area contributed by atoms with E-state index < -0.39 is 0 Å². The van der Waals surface area contributed by atoms with Gasteiger partial charge in [-0.3, -0.25) is 9.59 Å². The molecule has 0 aliphatic heterocycles. The SMILES string of the molecule is Cc1ccc(C(=O)c2ccccc2C(=O)NCCCCN)cc1. The van der Waals surface area contributed by atoms with Crippen LogP contribution in [0.1, 0.15) is 44.7 Å². The Bertz CT molecular complexity index is 678. The number of ketones is 1. The summed E-state index contributed by atoms with van der Waals surface area (Å²) in [7, 11) is 0. The average molecular weight is 310 g/mol. The highest BCUT2D eigenvalue weighted by atomic mass is 16.2. The maximum absolute atomic E-state index is 12.7. The minimum absolute atomic E-state index is 0.141. The number of hydrogen-bond donors (Lipinski definition) is 2. The molecule has 0 heterocycles. The normalized spacial score (nSPS) is 10.3. The fourth-order valence-electron chi connectivity index (χ4n) is 2.31. The van der Waals surface area contributed by atoms with E-state index in [4.69, 9.17) is 5.73 Å². The highest BCUT2D eigenvalue weighted by Gasteiger charge is 2.17. The summed E-state index contributed by atoms with van der Waals surface area (Å²) in [4.78, 5) is 25.0. The summed E-state index contributed by atoms with van der Waals surface area (Å²) in [5.41, 5.74) is 7.94. The molecule has 3 N–H and O–H groups in total. The Kier molecular flexibility index (Phi) is 6.06. The van der Waals surface area contributed by atoms with Gasteiger partial charge in [-0.25, -0.2) is 0 Å². The average Bonchev–Trinajstić information content (AvgIpc) is 2.58. The van der Waals surface area contributed by atoms with Crippen molar-refractivity contribution in [1.29, 1.82) is 0 Å². The van der Waals surface area contributed by atoms with Crippen LogP contribution in [0.2, 0.25) is 0 Å². The van der Waals surface area contributed by atoms with Gasteiger partial charge in [-0.1, -0.05) is 48.0 Å². The molecule has 23 heavy (non-hydrogen) atoms. The molecule has 2 aromatic rings. The third-order valence-corrected chi connectivity index (χ3v) is 3.65. The van der Waals surface area contributed by atoms with Crippen molar-refractivity contribution < 1.29 is 9.59 Å². The molecule has 4 heteroatoms. The summed E-state index contributed by atoms with van der Waals surface area (Å²) >= 11 is 0. The summed E-state index contributed by atoms with van der Waals surface area (Å²) in [5, 5.41) is 2.84. The Morgan fingerprint density at radius 1 is 0.957 bits per heavy atom. The van der Waals surface area contributed by atoms with Gasteiger partial charge in [0.25, 0.3) is 5.91 Å². The molecule has 120 valence electrons. The summed E-state index contributed by atoms with van der Waals surface area (Å²) in [6.07, 6.45) is 1.69. The fourth-order valence-corrected chi connectivity index (χ4v) is 2.31. The number of aryl methyl sites for hydroxylation is 1. The Morgan fingerprint density at radius 2 is 1.61 bits per heavy atom. The van der Waals surface area contributed by atoms with Crippen molar-refractivity contribution in [3.05, 3.63) is 70.8 Å². The molecule has 0 aromatic heterocycles. The molecule has 2 rings (SSSR count). The first kappa shape index (κ1) is 16.9. The molecule has 1 amide bonds. The summed E-state index contributed by atoms with van der Waals surface area (Å²) in [6.45, 7) is 3.14. The summed E-state index contributed by atoms with van der Waals surface area (Å²) in [5.74, 6) is -0.365. The molecule has 0 aliphatic rings. The zero-order valence-corrected chi connectivity index (χ0v) is 13.3. The number of hydrogen-bond acceptors (Lipinski definition) is 3. The van der Waals surface area contributed by atoms with E-state index in [0.717, 1.165) is 18.4 Å². The van der Waals surface area contributed by atoms with Crippen LogP contribution >= 0.6 is 0 Å². The van der Waals surface area contributed by atoms with Gasteiger partial charge in [-0.15, -0.1) is 0 Å². The molecule has 0 bridgehead atoms. The molecule has 0 fully saturated rings. The number of rotatable bonds is 7. The number of nitrogens with one attached hydrogen (secondary N) is 1. The topological polar surface area (TPSA) is 72.2 Å². The van der Waals surface area contributed by atoms with Gasteiger partial charge >= 0.3 is 0 Å². The van der Waals surface area contributed by atoms with Crippen molar-refractivity contribution in [2.45, 2.75) is 19.8 Å². The van der Waals surface area contributed by atoms with Gasteiger partial charge in [0.2, 0.25) is 0 Å². The second kappa shape index (κ2) is 8.25. The van der Waals surface area contributed by atoms with Crippen LogP contribution in [0, 0.1) is 6.92 Å². The van der Waals surface area contributed by atoms with Crippen LogP contribution < -0.4 is 11.1 Å². The van der Waals surface area contributed by atoms with Gasteiger partial charge in [0.15, 0.2) is 5.78 Å². The van der Waals surface area contributed by atoms with Gasteiger partial charge in [-0.05, 0) is 32.4 Å². The second-order valence-electron chi connectivity index (χ2n) is 5.49. The van der Waals surface area contributed by atoms with Gasteiger partial charge in [0.1, 0.15) is 0 Å². The third kappa shape index (κ3) is 4.50. The van der Waals surface area contributed by atoms with Crippen LogP contribution in [0.25, 0.3) is 0 Å². The van der Waals surface area contributed by atoms with Crippen molar-refractivity contribution in [1.82, 2.24) is 5.32 Å². The number of carbonyl (C=O) groups excluding carboxylic acids is 2. The smallest absolute Gasteiger partial charge is 0.252 e. The van der Waals surface area contributed by atoms with Crippen molar-refractivity contribution in [2.24, 2.45) is 5.73 Å². The zero-order valence-electron chi connectivity index (χ0n) is 13.3. The van der Waals surface area contributed by atoms with Crippen LogP contribution in [0.15, 0.2) is 48.5 Å². The Balaban J connectivity index is 2.18. The number of carbonyl (C=O) groups is 2. The van der Waals surface area contributed by atoms with E-state index in [2.05, 4.69) is 5.32 Å². The zero-order chi connectivity index (χ0) is 16.7. The second-order valence-corrected chi connectivity index (χ2v) is 5.49. The van der Waals surface area contributed by atoms with E-state index in [1.165, 1.54) is 0 Å². The van der Waals surface area contributed by atoms with Crippen molar-refractivity contribution >= 4 is 11.7 Å². The highest BCUT2D eigenvalue weighted by Crippen LogP contribution is 2.15. The van der Waals surface area contributed by atoms with Gasteiger partial charge < -0.3 is 11.1 Å². The minimum atomic E-state index is -0.224. The van der Waals surface area contributed by atoms with Gasteiger partial charge in [0.05, 0.1) is 5.56 Å². The first-order valence-corrected chi connectivity index (χ1v) is 7.82. The lowest BCUT2D eigenvalue weighted by Crippen LogP contribution is -2.26. The van der Waals surface area contributed by atoms with E-state index >= 15 is 0 Å². The first-order valence-electron chi connectivity index (χ1n) is 7.82. The van der Waals surface area contributed by atoms with Crippen molar-refractivity contribution in [3.63, 3.8) is 0 Å². The summed E-state index contributed by atoms with van der Waals surface area (Å²) < 4.78 is 0. The molecule has 0 unspecified atom stereocenters. The number of unbranched alkanes of at least 4 members (excludes halogenated alkanes) is 1. The first-order chi connectivity index (χ1) is 11.1. The van der Waals surface area contributed by atoms with Crippen LogP contribution in [0.5, 0.6) is 0 Å². The van der Waals surface area contributed by atoms with Crippen molar-refractivity contribution in [3.8, 4) is 0 Å². The highest BCUT2D eigenvalue weighted by molar-refractivity contribution is 6.15. The Labute approximate surface area is 136 Å².